The fraction of sp³-hybridized carbons (Fsp3) is 1.00. The van der Waals surface area contributed by atoms with E-state index in [0.717, 1.165) is 12.5 Å². The minimum atomic E-state index is 0.166. The molecule has 1 aliphatic rings. The van der Waals surface area contributed by atoms with Crippen molar-refractivity contribution < 1.29 is 5.11 Å². The van der Waals surface area contributed by atoms with Gasteiger partial charge < -0.3 is 10.0 Å². The van der Waals surface area contributed by atoms with E-state index >= 15 is 0 Å². The van der Waals surface area contributed by atoms with E-state index in [1.807, 2.05) is 11.8 Å². The molecule has 0 aliphatic heterocycles. The smallest absolute Gasteiger partial charge is 0.0499 e. The van der Waals surface area contributed by atoms with Crippen molar-refractivity contribution in [1.82, 2.24) is 4.90 Å². The Morgan fingerprint density at radius 1 is 1.53 bits per heavy atom. The Hall–Kier alpha value is 0.270. The number of hydrogen-bond donors (Lipinski definition) is 1. The van der Waals surface area contributed by atoms with Crippen molar-refractivity contribution in [3.05, 3.63) is 0 Å². The van der Waals surface area contributed by atoms with Gasteiger partial charge in [-0.3, -0.25) is 0 Å². The molecule has 0 saturated heterocycles. The fourth-order valence-corrected chi connectivity index (χ4v) is 3.90. The van der Waals surface area contributed by atoms with Crippen molar-refractivity contribution >= 4 is 11.8 Å². The number of nitrogens with zero attached hydrogens (tertiary/aromatic N) is 1. The largest absolute Gasteiger partial charge is 0.396 e. The maximum atomic E-state index is 9.79. The molecular weight excluding hydrogens is 230 g/mol. The minimum Gasteiger partial charge on any atom is -0.396 e. The highest BCUT2D eigenvalue weighted by atomic mass is 32.2. The van der Waals surface area contributed by atoms with Crippen molar-refractivity contribution in [3.63, 3.8) is 0 Å². The summed E-state index contributed by atoms with van der Waals surface area (Å²) in [5.41, 5.74) is 0.166. The van der Waals surface area contributed by atoms with E-state index in [-0.39, 0.29) is 5.41 Å². The van der Waals surface area contributed by atoms with Crippen molar-refractivity contribution in [2.24, 2.45) is 11.3 Å². The van der Waals surface area contributed by atoms with E-state index in [0.29, 0.717) is 12.6 Å². The molecule has 102 valence electrons. The number of thioether (sulfide) groups is 1. The second kappa shape index (κ2) is 7.01. The van der Waals surface area contributed by atoms with Crippen LogP contribution in [0.2, 0.25) is 0 Å². The maximum absolute atomic E-state index is 9.79. The SMILES string of the molecule is CSCC(C)N(C)CC1(CO)CCCC(C)C1. The highest BCUT2D eigenvalue weighted by molar-refractivity contribution is 7.98. The van der Waals surface area contributed by atoms with Crippen LogP contribution in [0.5, 0.6) is 0 Å². The molecule has 1 fully saturated rings. The summed E-state index contributed by atoms with van der Waals surface area (Å²) in [6.07, 6.45) is 7.18. The Bertz CT molecular complexity index is 224. The predicted molar refractivity (Wildman–Crippen MR) is 77.6 cm³/mol. The van der Waals surface area contributed by atoms with E-state index in [2.05, 4.69) is 32.1 Å². The van der Waals surface area contributed by atoms with Gasteiger partial charge >= 0.3 is 0 Å². The van der Waals surface area contributed by atoms with Crippen LogP contribution in [0.4, 0.5) is 0 Å². The predicted octanol–water partition coefficient (Wildman–Crippen LogP) is 2.86. The first-order valence-electron chi connectivity index (χ1n) is 6.83. The third-order valence-corrected chi connectivity index (χ3v) is 5.08. The average Bonchev–Trinajstić information content (AvgIpc) is 2.29. The topological polar surface area (TPSA) is 23.5 Å². The average molecular weight is 259 g/mol. The molecule has 0 radical (unpaired) electrons. The number of rotatable bonds is 6. The third-order valence-electron chi connectivity index (χ3n) is 4.27. The van der Waals surface area contributed by atoms with Gasteiger partial charge in [-0.1, -0.05) is 19.8 Å². The first kappa shape index (κ1) is 15.3. The Labute approximate surface area is 111 Å². The van der Waals surface area contributed by atoms with Crippen LogP contribution in [0.3, 0.4) is 0 Å². The lowest BCUT2D eigenvalue weighted by Crippen LogP contribution is -2.45. The maximum Gasteiger partial charge on any atom is 0.0499 e. The van der Waals surface area contributed by atoms with Crippen LogP contribution in [0.25, 0.3) is 0 Å². The van der Waals surface area contributed by atoms with Gasteiger partial charge in [0.05, 0.1) is 0 Å². The fourth-order valence-electron chi connectivity index (χ4n) is 3.16. The molecule has 17 heavy (non-hydrogen) atoms. The van der Waals surface area contributed by atoms with Gasteiger partial charge in [0.1, 0.15) is 0 Å². The molecule has 3 unspecified atom stereocenters. The Balaban J connectivity index is 2.55. The van der Waals surface area contributed by atoms with Crippen molar-refractivity contribution in [2.45, 2.75) is 45.6 Å². The normalized spacial score (nSPS) is 31.8. The molecule has 0 aromatic rings. The molecule has 1 rings (SSSR count). The summed E-state index contributed by atoms with van der Waals surface area (Å²) in [5.74, 6) is 1.95. The van der Waals surface area contributed by atoms with Crippen LogP contribution in [0, 0.1) is 11.3 Å². The first-order chi connectivity index (χ1) is 8.03. The zero-order valence-corrected chi connectivity index (χ0v) is 12.7. The molecule has 0 amide bonds. The summed E-state index contributed by atoms with van der Waals surface area (Å²) in [5, 5.41) is 9.79. The summed E-state index contributed by atoms with van der Waals surface area (Å²) >= 11 is 1.90. The van der Waals surface area contributed by atoms with Crippen molar-refractivity contribution in [2.75, 3.05) is 32.2 Å². The molecule has 3 heteroatoms. The lowest BCUT2D eigenvalue weighted by molar-refractivity contribution is 0.0240. The highest BCUT2D eigenvalue weighted by Gasteiger charge is 2.35. The highest BCUT2D eigenvalue weighted by Crippen LogP contribution is 2.39. The second-order valence-electron chi connectivity index (χ2n) is 6.08. The lowest BCUT2D eigenvalue weighted by Gasteiger charge is -2.42. The van der Waals surface area contributed by atoms with Crippen LogP contribution in [-0.4, -0.2) is 48.3 Å². The summed E-state index contributed by atoms with van der Waals surface area (Å²) < 4.78 is 0. The molecule has 1 saturated carbocycles. The monoisotopic (exact) mass is 259 g/mol. The summed E-state index contributed by atoms with van der Waals surface area (Å²) in [6.45, 7) is 6.02. The quantitative estimate of drug-likeness (QED) is 0.793. The van der Waals surface area contributed by atoms with Gasteiger partial charge in [-0.25, -0.2) is 0 Å². The minimum absolute atomic E-state index is 0.166. The molecule has 0 aromatic carbocycles. The van der Waals surface area contributed by atoms with Gasteiger partial charge in [0.15, 0.2) is 0 Å². The molecule has 1 N–H and O–H groups in total. The molecule has 0 heterocycles. The van der Waals surface area contributed by atoms with Crippen LogP contribution >= 0.6 is 11.8 Å². The van der Waals surface area contributed by atoms with Gasteiger partial charge in [0.25, 0.3) is 0 Å². The van der Waals surface area contributed by atoms with Crippen LogP contribution in [0.1, 0.15) is 39.5 Å². The summed E-state index contributed by atoms with van der Waals surface area (Å²) in [4.78, 5) is 2.44. The molecule has 1 aliphatic carbocycles. The van der Waals surface area contributed by atoms with Crippen molar-refractivity contribution in [3.8, 4) is 0 Å². The van der Waals surface area contributed by atoms with E-state index in [9.17, 15) is 5.11 Å². The molecule has 0 spiro atoms. The zero-order valence-electron chi connectivity index (χ0n) is 11.9. The Kier molecular flexibility index (Phi) is 6.32. The standard InChI is InChI=1S/C14H29NOS/c1-12-6-5-7-14(8-12,11-16)10-15(3)13(2)9-17-4/h12-13,16H,5-11H2,1-4H3. The molecule has 2 nitrogen and oxygen atoms in total. The van der Waals surface area contributed by atoms with Crippen molar-refractivity contribution in [1.29, 1.82) is 0 Å². The van der Waals surface area contributed by atoms with Gasteiger partial charge in [-0.05, 0) is 39.0 Å². The van der Waals surface area contributed by atoms with Gasteiger partial charge in [-0.2, -0.15) is 11.8 Å². The number of aliphatic hydroxyl groups is 1. The van der Waals surface area contributed by atoms with Crippen LogP contribution in [0.15, 0.2) is 0 Å². The number of aliphatic hydroxyl groups excluding tert-OH is 1. The first-order valence-corrected chi connectivity index (χ1v) is 8.22. The third kappa shape index (κ3) is 4.46. The molecule has 0 aromatic heterocycles. The molecule has 3 atom stereocenters. The second-order valence-corrected chi connectivity index (χ2v) is 6.99. The Morgan fingerprint density at radius 2 is 2.24 bits per heavy atom. The van der Waals surface area contributed by atoms with E-state index in [1.54, 1.807) is 0 Å². The number of hydrogen-bond acceptors (Lipinski definition) is 3. The van der Waals surface area contributed by atoms with Gasteiger partial charge in [0, 0.05) is 30.4 Å². The zero-order chi connectivity index (χ0) is 12.9. The van der Waals surface area contributed by atoms with E-state index < -0.39 is 0 Å². The molecule has 0 bridgehead atoms. The summed E-state index contributed by atoms with van der Waals surface area (Å²) in [7, 11) is 2.21. The Morgan fingerprint density at radius 3 is 2.76 bits per heavy atom. The molecular formula is C14H29NOS. The lowest BCUT2D eigenvalue weighted by atomic mass is 9.70. The van der Waals surface area contributed by atoms with E-state index in [1.165, 1.54) is 31.4 Å². The van der Waals surface area contributed by atoms with Gasteiger partial charge in [-0.15, -0.1) is 0 Å². The summed E-state index contributed by atoms with van der Waals surface area (Å²) in [6, 6.07) is 0.602. The van der Waals surface area contributed by atoms with E-state index in [4.69, 9.17) is 0 Å². The van der Waals surface area contributed by atoms with Crippen LogP contribution < -0.4 is 0 Å². The van der Waals surface area contributed by atoms with Gasteiger partial charge in [0.2, 0.25) is 0 Å². The van der Waals surface area contributed by atoms with Crippen LogP contribution in [-0.2, 0) is 0 Å².